The Labute approximate surface area is 129 Å². The van der Waals surface area contributed by atoms with E-state index in [-0.39, 0.29) is 16.8 Å². The van der Waals surface area contributed by atoms with Crippen LogP contribution in [0.15, 0.2) is 52.0 Å². The fraction of sp³-hybridized carbons (Fsp3) is 0.267. The predicted octanol–water partition coefficient (Wildman–Crippen LogP) is 1.55. The topological polar surface area (TPSA) is 88.4 Å². The molecular weight excluding hydrogens is 304 g/mol. The average Bonchev–Trinajstić information content (AvgIpc) is 3.00. The molecule has 1 amide bonds. The van der Waals surface area contributed by atoms with E-state index in [0.717, 1.165) is 5.76 Å². The van der Waals surface area contributed by atoms with E-state index in [1.54, 1.807) is 12.3 Å². The first-order valence-corrected chi connectivity index (χ1v) is 8.27. The summed E-state index contributed by atoms with van der Waals surface area (Å²) >= 11 is 0. The summed E-state index contributed by atoms with van der Waals surface area (Å²) in [6.45, 7) is 1.88. The monoisotopic (exact) mass is 322 g/mol. The van der Waals surface area contributed by atoms with Crippen LogP contribution in [0.1, 0.15) is 23.0 Å². The molecule has 0 bridgehead atoms. The maximum atomic E-state index is 12.1. The Morgan fingerprint density at radius 3 is 2.45 bits per heavy atom. The minimum Gasteiger partial charge on any atom is -0.469 e. The molecule has 0 saturated heterocycles. The molecule has 7 heteroatoms. The Morgan fingerprint density at radius 2 is 1.91 bits per heavy atom. The van der Waals surface area contributed by atoms with E-state index in [1.807, 2.05) is 13.0 Å². The van der Waals surface area contributed by atoms with Gasteiger partial charge in [-0.3, -0.25) is 4.79 Å². The van der Waals surface area contributed by atoms with Crippen molar-refractivity contribution in [3.8, 4) is 0 Å². The lowest BCUT2D eigenvalue weighted by Crippen LogP contribution is -2.34. The van der Waals surface area contributed by atoms with Gasteiger partial charge in [-0.2, -0.15) is 0 Å². The van der Waals surface area contributed by atoms with Gasteiger partial charge in [0.1, 0.15) is 5.76 Å². The van der Waals surface area contributed by atoms with Gasteiger partial charge in [0.05, 0.1) is 11.2 Å². The summed E-state index contributed by atoms with van der Waals surface area (Å²) in [5, 5.41) is 2.84. The summed E-state index contributed by atoms with van der Waals surface area (Å²) in [6.07, 6.45) is 2.18. The van der Waals surface area contributed by atoms with E-state index in [4.69, 9.17) is 4.42 Å². The lowest BCUT2D eigenvalue weighted by Gasteiger charge is -2.12. The first-order valence-electron chi connectivity index (χ1n) is 6.79. The normalized spacial score (nSPS) is 12.8. The van der Waals surface area contributed by atoms with E-state index in [2.05, 4.69) is 10.0 Å². The molecule has 0 aliphatic rings. The number of sulfonamides is 1. The molecule has 22 heavy (non-hydrogen) atoms. The molecule has 2 aromatic rings. The van der Waals surface area contributed by atoms with Crippen LogP contribution in [-0.4, -0.2) is 27.4 Å². The predicted molar refractivity (Wildman–Crippen MR) is 82.0 cm³/mol. The number of hydrogen-bond acceptors (Lipinski definition) is 4. The van der Waals surface area contributed by atoms with Gasteiger partial charge in [0.25, 0.3) is 5.91 Å². The zero-order valence-corrected chi connectivity index (χ0v) is 13.2. The lowest BCUT2D eigenvalue weighted by molar-refractivity contribution is 0.0939. The zero-order valence-electron chi connectivity index (χ0n) is 12.4. The van der Waals surface area contributed by atoms with Crippen molar-refractivity contribution >= 4 is 15.9 Å². The second-order valence-electron chi connectivity index (χ2n) is 4.89. The first kappa shape index (κ1) is 16.3. The van der Waals surface area contributed by atoms with E-state index in [0.29, 0.717) is 12.0 Å². The standard InChI is InChI=1S/C15H18N2O4S/c1-11(10-13-4-3-9-21-13)17-15(18)12-5-7-14(8-6-12)22(19,20)16-2/h3-9,11,16H,10H2,1-2H3,(H,17,18). The van der Waals surface area contributed by atoms with Crippen LogP contribution < -0.4 is 10.0 Å². The molecule has 0 aliphatic carbocycles. The highest BCUT2D eigenvalue weighted by molar-refractivity contribution is 7.89. The number of nitrogens with one attached hydrogen (secondary N) is 2. The van der Waals surface area contributed by atoms with Crippen molar-refractivity contribution in [3.05, 3.63) is 54.0 Å². The third-order valence-corrected chi connectivity index (χ3v) is 4.59. The lowest BCUT2D eigenvalue weighted by atomic mass is 10.1. The van der Waals surface area contributed by atoms with Crippen LogP contribution >= 0.6 is 0 Å². The Morgan fingerprint density at radius 1 is 1.23 bits per heavy atom. The second-order valence-corrected chi connectivity index (χ2v) is 6.78. The first-order chi connectivity index (χ1) is 10.4. The number of hydrogen-bond donors (Lipinski definition) is 2. The van der Waals surface area contributed by atoms with Gasteiger partial charge in [0.15, 0.2) is 0 Å². The molecule has 118 valence electrons. The molecule has 1 aromatic carbocycles. The van der Waals surface area contributed by atoms with Gasteiger partial charge in [-0.25, -0.2) is 13.1 Å². The minimum atomic E-state index is -3.49. The molecule has 0 fully saturated rings. The molecule has 2 rings (SSSR count). The maximum Gasteiger partial charge on any atom is 0.251 e. The van der Waals surface area contributed by atoms with Crippen molar-refractivity contribution in [2.45, 2.75) is 24.3 Å². The average molecular weight is 322 g/mol. The van der Waals surface area contributed by atoms with Crippen LogP contribution in [0.5, 0.6) is 0 Å². The van der Waals surface area contributed by atoms with Crippen LogP contribution in [-0.2, 0) is 16.4 Å². The van der Waals surface area contributed by atoms with Crippen molar-refractivity contribution in [1.29, 1.82) is 0 Å². The molecule has 6 nitrogen and oxygen atoms in total. The van der Waals surface area contributed by atoms with Crippen molar-refractivity contribution in [3.63, 3.8) is 0 Å². The summed E-state index contributed by atoms with van der Waals surface area (Å²) in [5.74, 6) is 0.538. The van der Waals surface area contributed by atoms with Crippen molar-refractivity contribution in [1.82, 2.24) is 10.0 Å². The number of furan rings is 1. The number of benzene rings is 1. The third-order valence-electron chi connectivity index (χ3n) is 3.16. The second kappa shape index (κ2) is 6.76. The summed E-state index contributed by atoms with van der Waals surface area (Å²) in [7, 11) is -2.15. The van der Waals surface area contributed by atoms with E-state index in [9.17, 15) is 13.2 Å². The van der Waals surface area contributed by atoms with Crippen LogP contribution in [0, 0.1) is 0 Å². The van der Waals surface area contributed by atoms with E-state index >= 15 is 0 Å². The molecule has 0 aliphatic heterocycles. The largest absolute Gasteiger partial charge is 0.469 e. The molecular formula is C15H18N2O4S. The van der Waals surface area contributed by atoms with Crippen molar-refractivity contribution in [2.24, 2.45) is 0 Å². The number of rotatable bonds is 6. The van der Waals surface area contributed by atoms with Gasteiger partial charge in [0.2, 0.25) is 10.0 Å². The summed E-state index contributed by atoms with van der Waals surface area (Å²) in [5.41, 5.74) is 0.404. The number of carbonyl (C=O) groups is 1. The van der Waals surface area contributed by atoms with Crippen LogP contribution in [0.4, 0.5) is 0 Å². The Bertz CT molecular complexity index is 721. The minimum absolute atomic E-state index is 0.0978. The van der Waals surface area contributed by atoms with Crippen LogP contribution in [0.2, 0.25) is 0 Å². The van der Waals surface area contributed by atoms with Gasteiger partial charge in [-0.05, 0) is 50.4 Å². The van der Waals surface area contributed by atoms with Crippen molar-refractivity contribution in [2.75, 3.05) is 7.05 Å². The Balaban J connectivity index is 2.01. The third kappa shape index (κ3) is 3.96. The highest BCUT2D eigenvalue weighted by Gasteiger charge is 2.14. The highest BCUT2D eigenvalue weighted by Crippen LogP contribution is 2.11. The fourth-order valence-electron chi connectivity index (χ4n) is 1.99. The van der Waals surface area contributed by atoms with Gasteiger partial charge in [-0.15, -0.1) is 0 Å². The number of carbonyl (C=O) groups excluding carboxylic acids is 1. The SMILES string of the molecule is CNS(=O)(=O)c1ccc(C(=O)NC(C)Cc2ccco2)cc1. The van der Waals surface area contributed by atoms with Gasteiger partial charge in [-0.1, -0.05) is 0 Å². The molecule has 1 unspecified atom stereocenters. The molecule has 0 radical (unpaired) electrons. The quantitative estimate of drug-likeness (QED) is 0.844. The van der Waals surface area contributed by atoms with Crippen LogP contribution in [0.25, 0.3) is 0 Å². The molecule has 1 heterocycles. The molecule has 1 aromatic heterocycles. The Hall–Kier alpha value is -2.12. The summed E-state index contributed by atoms with van der Waals surface area (Å²) in [6, 6.07) is 9.32. The highest BCUT2D eigenvalue weighted by atomic mass is 32.2. The van der Waals surface area contributed by atoms with Crippen LogP contribution in [0.3, 0.4) is 0 Å². The summed E-state index contributed by atoms with van der Waals surface area (Å²) in [4.78, 5) is 12.2. The zero-order chi connectivity index (χ0) is 16.2. The number of amides is 1. The fourth-order valence-corrected chi connectivity index (χ4v) is 2.72. The Kier molecular flexibility index (Phi) is 4.99. The van der Waals surface area contributed by atoms with Gasteiger partial charge in [0, 0.05) is 18.0 Å². The summed E-state index contributed by atoms with van der Waals surface area (Å²) < 4.78 is 30.7. The molecule has 0 saturated carbocycles. The smallest absolute Gasteiger partial charge is 0.251 e. The molecule has 1 atom stereocenters. The van der Waals surface area contributed by atoms with Gasteiger partial charge < -0.3 is 9.73 Å². The van der Waals surface area contributed by atoms with Gasteiger partial charge >= 0.3 is 0 Å². The molecule has 2 N–H and O–H groups in total. The van der Waals surface area contributed by atoms with Crippen molar-refractivity contribution < 1.29 is 17.6 Å². The maximum absolute atomic E-state index is 12.1. The van der Waals surface area contributed by atoms with E-state index < -0.39 is 10.0 Å². The van der Waals surface area contributed by atoms with E-state index in [1.165, 1.54) is 31.3 Å². The molecule has 0 spiro atoms.